The van der Waals surface area contributed by atoms with Crippen molar-refractivity contribution >= 4 is 58.4 Å². The second kappa shape index (κ2) is 11.6. The third-order valence-electron chi connectivity index (χ3n) is 7.33. The van der Waals surface area contributed by atoms with E-state index in [0.717, 1.165) is 67.2 Å². The molecule has 0 unspecified atom stereocenters. The fourth-order valence-corrected chi connectivity index (χ4v) is 6.83. The molecule has 0 saturated heterocycles. The number of aromatic nitrogens is 5. The zero-order chi connectivity index (χ0) is 27.5. The largest absolute Gasteiger partial charge is 0.362 e. The van der Waals surface area contributed by atoms with Crippen molar-refractivity contribution in [3.63, 3.8) is 0 Å². The number of hydrogen-bond acceptors (Lipinski definition) is 9. The molecule has 1 fully saturated rings. The lowest BCUT2D eigenvalue weighted by Gasteiger charge is -2.16. The second-order valence-corrected chi connectivity index (χ2v) is 18.3. The molecule has 1 aliphatic rings. The summed E-state index contributed by atoms with van der Waals surface area (Å²) in [7, 11) is -1.16. The lowest BCUT2D eigenvalue weighted by molar-refractivity contribution is 0.165. The van der Waals surface area contributed by atoms with Crippen LogP contribution in [0.2, 0.25) is 25.7 Å². The van der Waals surface area contributed by atoms with Crippen LogP contribution in [0.4, 0.5) is 17.2 Å². The summed E-state index contributed by atoms with van der Waals surface area (Å²) in [5.41, 5.74) is 4.28. The molecule has 5 aromatic rings. The Morgan fingerprint density at radius 3 is 2.70 bits per heavy atom. The normalized spacial score (nSPS) is 14.3. The van der Waals surface area contributed by atoms with Gasteiger partial charge >= 0.3 is 0 Å². The fraction of sp³-hybridized carbons (Fsp3) is 0.367. The number of hydrogen-bond donors (Lipinski definition) is 2. The van der Waals surface area contributed by atoms with Crippen LogP contribution in [0.15, 0.2) is 55.0 Å². The highest BCUT2D eigenvalue weighted by molar-refractivity contribution is 7.14. The molecule has 2 N–H and O–H groups in total. The number of pyridine rings is 3. The van der Waals surface area contributed by atoms with Crippen molar-refractivity contribution in [2.75, 3.05) is 24.0 Å². The first-order valence-corrected chi connectivity index (χ1v) is 18.5. The predicted molar refractivity (Wildman–Crippen MR) is 167 cm³/mol. The molecule has 0 spiro atoms. The Morgan fingerprint density at radius 2 is 1.85 bits per heavy atom. The van der Waals surface area contributed by atoms with Crippen LogP contribution in [0.5, 0.6) is 0 Å². The van der Waals surface area contributed by atoms with E-state index in [9.17, 15) is 0 Å². The van der Waals surface area contributed by atoms with E-state index in [1.807, 2.05) is 36.8 Å². The Bertz CT molecular complexity index is 1620. The first kappa shape index (κ1) is 26.7. The Kier molecular flexibility index (Phi) is 7.73. The standard InChI is InChI=1S/C30H35N7OSSi/c1-40(2,3)13-12-38-19-33-28-24(30-37-36-29(39-30)20-8-4-5-9-20)15-25-26(35-28)14-22(17-32-25)34-27-18-31-16-21-10-6-7-11-23(21)27/h6-7,10-11,14-18,20,34H,4-5,8-9,12-13,19H2,1-3H3,(H,33,35). The Balaban J connectivity index is 1.30. The number of benzene rings is 1. The zero-order valence-electron chi connectivity index (χ0n) is 23.3. The van der Waals surface area contributed by atoms with E-state index in [4.69, 9.17) is 14.7 Å². The van der Waals surface area contributed by atoms with Crippen LogP contribution >= 0.6 is 11.3 Å². The lowest BCUT2D eigenvalue weighted by Crippen LogP contribution is -2.22. The van der Waals surface area contributed by atoms with Gasteiger partial charge in [-0.2, -0.15) is 0 Å². The van der Waals surface area contributed by atoms with Gasteiger partial charge in [-0.15, -0.1) is 10.2 Å². The average Bonchev–Trinajstić information content (AvgIpc) is 3.65. The smallest absolute Gasteiger partial charge is 0.151 e. The molecule has 1 saturated carbocycles. The van der Waals surface area contributed by atoms with Gasteiger partial charge in [0, 0.05) is 37.6 Å². The van der Waals surface area contributed by atoms with E-state index in [0.29, 0.717) is 12.6 Å². The van der Waals surface area contributed by atoms with Crippen LogP contribution in [0, 0.1) is 0 Å². The average molecular weight is 570 g/mol. The van der Waals surface area contributed by atoms with Crippen LogP contribution in [0.1, 0.15) is 36.6 Å². The summed E-state index contributed by atoms with van der Waals surface area (Å²) in [5, 5.41) is 20.2. The molecule has 40 heavy (non-hydrogen) atoms. The highest BCUT2D eigenvalue weighted by Gasteiger charge is 2.23. The highest BCUT2D eigenvalue weighted by atomic mass is 32.1. The summed E-state index contributed by atoms with van der Waals surface area (Å²) >= 11 is 1.67. The van der Waals surface area contributed by atoms with Crippen molar-refractivity contribution in [3.05, 3.63) is 60.0 Å². The number of anilines is 3. The minimum Gasteiger partial charge on any atom is -0.362 e. The molecule has 206 valence electrons. The third kappa shape index (κ3) is 6.14. The van der Waals surface area contributed by atoms with Crippen molar-refractivity contribution < 1.29 is 4.74 Å². The molecule has 1 aliphatic carbocycles. The summed E-state index contributed by atoms with van der Waals surface area (Å²) in [6, 6.07) is 13.4. The molecular formula is C30H35N7OSSi. The molecule has 0 radical (unpaired) electrons. The van der Waals surface area contributed by atoms with Crippen molar-refractivity contribution in [1.29, 1.82) is 0 Å². The van der Waals surface area contributed by atoms with Crippen LogP contribution in [-0.4, -0.2) is 46.6 Å². The molecular weight excluding hydrogens is 535 g/mol. The Labute approximate surface area is 239 Å². The lowest BCUT2D eigenvalue weighted by atomic mass is 10.1. The number of nitrogens with zero attached hydrogens (tertiary/aromatic N) is 5. The van der Waals surface area contributed by atoms with Gasteiger partial charge in [-0.1, -0.05) is 68.1 Å². The summed E-state index contributed by atoms with van der Waals surface area (Å²) in [4.78, 5) is 14.2. The van der Waals surface area contributed by atoms with E-state index in [2.05, 4.69) is 63.7 Å². The minimum atomic E-state index is -1.16. The van der Waals surface area contributed by atoms with Gasteiger partial charge < -0.3 is 15.4 Å². The summed E-state index contributed by atoms with van der Waals surface area (Å²) in [6.07, 6.45) is 10.5. The Morgan fingerprint density at radius 1 is 1.00 bits per heavy atom. The Hall–Kier alpha value is -3.47. The number of nitrogens with one attached hydrogen (secondary N) is 2. The quantitative estimate of drug-likeness (QED) is 0.0998. The second-order valence-electron chi connectivity index (χ2n) is 11.6. The van der Waals surface area contributed by atoms with Crippen molar-refractivity contribution in [2.45, 2.75) is 57.3 Å². The first-order chi connectivity index (χ1) is 19.4. The van der Waals surface area contributed by atoms with Gasteiger partial charge in [-0.05, 0) is 31.0 Å². The molecule has 6 rings (SSSR count). The summed E-state index contributed by atoms with van der Waals surface area (Å²) in [5.74, 6) is 1.26. The number of rotatable bonds is 10. The molecule has 4 aromatic heterocycles. The molecule has 0 aliphatic heterocycles. The third-order valence-corrected chi connectivity index (χ3v) is 10.1. The molecule has 10 heteroatoms. The van der Waals surface area contributed by atoms with Gasteiger partial charge in [0.1, 0.15) is 17.6 Å². The fourth-order valence-electron chi connectivity index (χ4n) is 5.04. The van der Waals surface area contributed by atoms with Crippen molar-refractivity contribution in [3.8, 4) is 10.6 Å². The van der Waals surface area contributed by atoms with E-state index in [1.54, 1.807) is 11.3 Å². The zero-order valence-corrected chi connectivity index (χ0v) is 25.1. The summed E-state index contributed by atoms with van der Waals surface area (Å²) in [6.45, 7) is 8.20. The van der Waals surface area contributed by atoms with Crippen LogP contribution in [0.3, 0.4) is 0 Å². The molecule has 4 heterocycles. The maximum absolute atomic E-state index is 5.96. The molecule has 1 aromatic carbocycles. The van der Waals surface area contributed by atoms with Gasteiger partial charge in [0.15, 0.2) is 5.01 Å². The van der Waals surface area contributed by atoms with Gasteiger partial charge in [0.25, 0.3) is 0 Å². The number of fused-ring (bicyclic) bond motifs is 2. The van der Waals surface area contributed by atoms with E-state index in [-0.39, 0.29) is 0 Å². The van der Waals surface area contributed by atoms with Crippen LogP contribution in [0.25, 0.3) is 32.4 Å². The molecule has 0 bridgehead atoms. The SMILES string of the molecule is C[Si](C)(C)CCOCNc1nc2cc(Nc3cncc4ccccc34)cnc2cc1-c1nnc(C2CCCC2)s1. The van der Waals surface area contributed by atoms with E-state index in [1.165, 1.54) is 25.7 Å². The van der Waals surface area contributed by atoms with Gasteiger partial charge in [0.05, 0.1) is 40.4 Å². The van der Waals surface area contributed by atoms with Crippen LogP contribution < -0.4 is 10.6 Å². The predicted octanol–water partition coefficient (Wildman–Crippen LogP) is 7.82. The molecule has 8 nitrogen and oxygen atoms in total. The molecule has 0 amide bonds. The van der Waals surface area contributed by atoms with Crippen molar-refractivity contribution in [2.24, 2.45) is 0 Å². The van der Waals surface area contributed by atoms with Crippen LogP contribution in [-0.2, 0) is 4.74 Å². The topological polar surface area (TPSA) is 97.7 Å². The number of ether oxygens (including phenoxy) is 1. The highest BCUT2D eigenvalue weighted by Crippen LogP contribution is 2.39. The maximum Gasteiger partial charge on any atom is 0.151 e. The molecule has 0 atom stereocenters. The van der Waals surface area contributed by atoms with Gasteiger partial charge in [0.2, 0.25) is 0 Å². The van der Waals surface area contributed by atoms with Crippen molar-refractivity contribution in [1.82, 2.24) is 25.1 Å². The van der Waals surface area contributed by atoms with Gasteiger partial charge in [-0.25, -0.2) is 4.98 Å². The van der Waals surface area contributed by atoms with E-state index < -0.39 is 8.07 Å². The summed E-state index contributed by atoms with van der Waals surface area (Å²) < 4.78 is 5.96. The first-order valence-electron chi connectivity index (χ1n) is 14.0. The van der Waals surface area contributed by atoms with Gasteiger partial charge in [-0.3, -0.25) is 9.97 Å². The maximum atomic E-state index is 5.96. The monoisotopic (exact) mass is 569 g/mol. The van der Waals surface area contributed by atoms with E-state index >= 15 is 0 Å². The minimum absolute atomic E-state index is 0.386.